The Morgan fingerprint density at radius 2 is 1.05 bits per heavy atom. The van der Waals surface area contributed by atoms with Crippen molar-refractivity contribution in [3.8, 4) is 11.1 Å². The van der Waals surface area contributed by atoms with Crippen molar-refractivity contribution < 1.29 is 9.59 Å². The molecule has 0 spiro atoms. The lowest BCUT2D eigenvalue weighted by molar-refractivity contribution is 0.0815. The Bertz CT molecular complexity index is 672. The van der Waals surface area contributed by atoms with Crippen LogP contribution < -0.4 is 10.9 Å². The molecule has 2 nitrogen and oxygen atoms in total. The summed E-state index contributed by atoms with van der Waals surface area (Å²) in [5, 5.41) is 0. The van der Waals surface area contributed by atoms with E-state index in [9.17, 15) is 9.59 Å². The van der Waals surface area contributed by atoms with Crippen LogP contribution in [0.25, 0.3) is 11.1 Å². The summed E-state index contributed by atoms with van der Waals surface area (Å²) in [5.41, 5.74) is 4.60. The summed E-state index contributed by atoms with van der Waals surface area (Å²) >= 11 is 0. The highest BCUT2D eigenvalue weighted by molar-refractivity contribution is 6.57. The van der Waals surface area contributed by atoms with Crippen molar-refractivity contribution >= 4 is 37.1 Å². The Morgan fingerprint density at radius 1 is 0.650 bits per heavy atom. The lowest BCUT2D eigenvalue weighted by atomic mass is 9.69. The maximum absolute atomic E-state index is 12.3. The molecule has 0 saturated heterocycles. The molecule has 94 valence electrons. The third kappa shape index (κ3) is 1.83. The fraction of sp³-hybridized carbons (Fsp3) is 0.125. The van der Waals surface area contributed by atoms with Crippen LogP contribution in [0.5, 0.6) is 0 Å². The lowest BCUT2D eigenvalue weighted by Gasteiger charge is -2.19. The number of carbonyl (C=O) groups is 2. The predicted octanol–water partition coefficient (Wildman–Crippen LogP) is 1.49. The molecule has 0 saturated carbocycles. The van der Waals surface area contributed by atoms with Crippen LogP contribution >= 0.6 is 0 Å². The molecule has 1 aliphatic carbocycles. The van der Waals surface area contributed by atoms with Crippen molar-refractivity contribution in [1.29, 1.82) is 0 Å². The molecule has 2 radical (unpaired) electrons. The topological polar surface area (TPSA) is 34.1 Å². The van der Waals surface area contributed by atoms with Gasteiger partial charge in [0, 0.05) is 11.1 Å². The average molecular weight is 258 g/mol. The van der Waals surface area contributed by atoms with Crippen molar-refractivity contribution in [2.75, 3.05) is 0 Å². The zero-order chi connectivity index (χ0) is 14.3. The van der Waals surface area contributed by atoms with Gasteiger partial charge in [-0.2, -0.15) is 0 Å². The van der Waals surface area contributed by atoms with E-state index in [1.54, 1.807) is 12.1 Å². The number of hydrogen-bond donors (Lipinski definition) is 0. The summed E-state index contributed by atoms with van der Waals surface area (Å²) in [4.78, 5) is 24.5. The van der Waals surface area contributed by atoms with Crippen molar-refractivity contribution in [2.45, 2.75) is 13.6 Å². The van der Waals surface area contributed by atoms with Gasteiger partial charge in [-0.1, -0.05) is 61.0 Å². The zero-order valence-corrected chi connectivity index (χ0v) is 11.4. The molecule has 0 atom stereocenters. The quantitative estimate of drug-likeness (QED) is 0.604. The molecule has 0 N–H and O–H groups in total. The molecular weight excluding hydrogens is 246 g/mol. The maximum atomic E-state index is 12.3. The fourth-order valence-electron chi connectivity index (χ4n) is 2.57. The molecule has 0 fully saturated rings. The number of fused-ring (bicyclic) bond motifs is 3. The molecule has 0 heterocycles. The lowest BCUT2D eigenvalue weighted by Crippen LogP contribution is -2.26. The molecule has 2 aromatic carbocycles. The zero-order valence-electron chi connectivity index (χ0n) is 11.4. The predicted molar refractivity (Wildman–Crippen MR) is 83.0 cm³/mol. The van der Waals surface area contributed by atoms with Gasteiger partial charge in [0.25, 0.3) is 0 Å². The summed E-state index contributed by atoms with van der Waals surface area (Å²) in [6.45, 7) is 3.82. The second-order valence-corrected chi connectivity index (χ2v) is 4.85. The Hall–Kier alpha value is -2.09. The summed E-state index contributed by atoms with van der Waals surface area (Å²) in [5.74, 6) is -0.825. The van der Waals surface area contributed by atoms with Gasteiger partial charge >= 0.3 is 0 Å². The van der Waals surface area contributed by atoms with Gasteiger partial charge in [0.15, 0.2) is 0 Å². The van der Waals surface area contributed by atoms with Crippen molar-refractivity contribution in [3.05, 3.63) is 47.5 Å². The SMILES string of the molecule is C[B]c1ccc2c(c1)C(=O)C(=O)c1cc([B]C)ccc1-2. The minimum Gasteiger partial charge on any atom is -0.285 e. The summed E-state index contributed by atoms with van der Waals surface area (Å²) in [7, 11) is 3.84. The second-order valence-electron chi connectivity index (χ2n) is 4.85. The number of ketones is 2. The van der Waals surface area contributed by atoms with E-state index in [-0.39, 0.29) is 0 Å². The first-order valence-electron chi connectivity index (χ1n) is 6.62. The van der Waals surface area contributed by atoms with E-state index in [0.29, 0.717) is 11.1 Å². The number of carbonyl (C=O) groups excluding carboxylic acids is 2. The van der Waals surface area contributed by atoms with Crippen molar-refractivity contribution in [3.63, 3.8) is 0 Å². The van der Waals surface area contributed by atoms with Crippen LogP contribution in [-0.2, 0) is 0 Å². The smallest absolute Gasteiger partial charge is 0.234 e. The molecule has 0 bridgehead atoms. The molecule has 4 heteroatoms. The first-order chi connectivity index (χ1) is 9.65. The summed E-state index contributed by atoms with van der Waals surface area (Å²) < 4.78 is 0. The average Bonchev–Trinajstić information content (AvgIpc) is 2.51. The maximum Gasteiger partial charge on any atom is 0.234 e. The van der Waals surface area contributed by atoms with Crippen LogP contribution in [0.15, 0.2) is 36.4 Å². The van der Waals surface area contributed by atoms with E-state index in [0.717, 1.165) is 22.1 Å². The van der Waals surface area contributed by atoms with Crippen LogP contribution in [-0.4, -0.2) is 26.1 Å². The van der Waals surface area contributed by atoms with Gasteiger partial charge in [0.1, 0.15) is 14.6 Å². The monoisotopic (exact) mass is 258 g/mol. The highest BCUT2D eigenvalue weighted by Crippen LogP contribution is 2.32. The van der Waals surface area contributed by atoms with E-state index in [4.69, 9.17) is 0 Å². The molecule has 0 unspecified atom stereocenters. The fourth-order valence-corrected chi connectivity index (χ4v) is 2.57. The number of Topliss-reactive ketones (excluding diaryl/α,β-unsaturated/α-hetero) is 2. The highest BCUT2D eigenvalue weighted by Gasteiger charge is 2.30. The highest BCUT2D eigenvalue weighted by atomic mass is 16.2. The number of rotatable bonds is 2. The van der Waals surface area contributed by atoms with E-state index in [1.165, 1.54) is 0 Å². The third-order valence-electron chi connectivity index (χ3n) is 3.74. The summed E-state index contributed by atoms with van der Waals surface area (Å²) in [6, 6.07) is 11.3. The van der Waals surface area contributed by atoms with Gasteiger partial charge in [0.05, 0.1) is 0 Å². The number of benzene rings is 2. The van der Waals surface area contributed by atoms with Gasteiger partial charge in [-0.25, -0.2) is 0 Å². The molecule has 0 aliphatic heterocycles. The van der Waals surface area contributed by atoms with Gasteiger partial charge < -0.3 is 0 Å². The van der Waals surface area contributed by atoms with Crippen molar-refractivity contribution in [1.82, 2.24) is 0 Å². The van der Waals surface area contributed by atoms with E-state index in [1.807, 2.05) is 52.5 Å². The van der Waals surface area contributed by atoms with Crippen LogP contribution in [0.1, 0.15) is 20.7 Å². The van der Waals surface area contributed by atoms with Gasteiger partial charge in [0.2, 0.25) is 11.6 Å². The third-order valence-corrected chi connectivity index (χ3v) is 3.74. The first-order valence-corrected chi connectivity index (χ1v) is 6.62. The molecule has 20 heavy (non-hydrogen) atoms. The molecule has 2 aromatic rings. The van der Waals surface area contributed by atoms with E-state index in [2.05, 4.69) is 0 Å². The van der Waals surface area contributed by atoms with E-state index < -0.39 is 11.6 Å². The van der Waals surface area contributed by atoms with Crippen molar-refractivity contribution in [2.24, 2.45) is 0 Å². The molecule has 1 aliphatic rings. The minimum absolute atomic E-state index is 0.413. The van der Waals surface area contributed by atoms with Gasteiger partial charge in [-0.3, -0.25) is 9.59 Å². The van der Waals surface area contributed by atoms with Crippen LogP contribution in [0, 0.1) is 0 Å². The van der Waals surface area contributed by atoms with Gasteiger partial charge in [-0.05, 0) is 11.1 Å². The van der Waals surface area contributed by atoms with E-state index >= 15 is 0 Å². The molecule has 3 rings (SSSR count). The Morgan fingerprint density at radius 3 is 1.40 bits per heavy atom. The first kappa shape index (κ1) is 12.9. The van der Waals surface area contributed by atoms with Gasteiger partial charge in [-0.15, -0.1) is 0 Å². The Kier molecular flexibility index (Phi) is 3.09. The molecular formula is C16H12B2O2. The molecule has 0 amide bonds. The van der Waals surface area contributed by atoms with Crippen LogP contribution in [0.4, 0.5) is 0 Å². The van der Waals surface area contributed by atoms with Crippen LogP contribution in [0.3, 0.4) is 0 Å². The summed E-state index contributed by atoms with van der Waals surface area (Å²) in [6.07, 6.45) is 0. The largest absolute Gasteiger partial charge is 0.285 e. The number of hydrogen-bond acceptors (Lipinski definition) is 2. The normalized spacial score (nSPS) is 12.7. The molecule has 0 aromatic heterocycles. The Balaban J connectivity index is 2.27. The Labute approximate surface area is 119 Å². The second kappa shape index (κ2) is 4.78. The van der Waals surface area contributed by atoms with Crippen LogP contribution in [0.2, 0.25) is 13.6 Å². The standard InChI is InChI=1S/C16H12B2O2/c1-17-9-3-5-11-12-6-4-10(18-2)8-14(12)16(20)15(19)13(11)7-9/h3-8H,1-2H3. The minimum atomic E-state index is -0.413.